The molecule has 0 aliphatic rings. The number of phosphoric acid groups is 1. The monoisotopic (exact) mass is 694 g/mol. The Morgan fingerprint density at radius 3 is 2.27 bits per heavy atom. The maximum Gasteiger partial charge on any atom is 2.00 e. The third-order valence-corrected chi connectivity index (χ3v) is 6.22. The standard InChI is InChI=1S/C21H16ClF6N8O6P.Ca/c22-11-5-3-10(4-6-11)16-33-35(19(38)34(16)8-13(21(26,27)28)42-43(39,40)41)9-14-31-18(15(29)37)36(32-14)17-12(20(23,24)25)2-1-7-30-17;/h1-7,13H,8-9H2,(H2,29,37)(H2,39,40,41);/q;+2/p-2/t13-;/m0./s1. The van der Waals surface area contributed by atoms with Gasteiger partial charge in [0.2, 0.25) is 5.82 Å². The molecule has 0 spiro atoms. The van der Waals surface area contributed by atoms with Crippen LogP contribution in [0.2, 0.25) is 5.02 Å². The summed E-state index contributed by atoms with van der Waals surface area (Å²) < 4.78 is 97.2. The van der Waals surface area contributed by atoms with Gasteiger partial charge in [-0.05, 0) is 36.4 Å². The SMILES string of the molecule is NC(=O)c1nc(Cn2nc(-c3ccc(Cl)cc3)n(C[C@H](OP(=O)([O-])[O-])C(F)(F)F)c2=O)nn1-c1ncccc1C(F)(F)F.[Ca+2]. The van der Waals surface area contributed by atoms with Crippen molar-refractivity contribution in [1.82, 2.24) is 34.1 Å². The number of benzene rings is 1. The van der Waals surface area contributed by atoms with Crippen LogP contribution in [0.5, 0.6) is 0 Å². The molecule has 0 unspecified atom stereocenters. The van der Waals surface area contributed by atoms with Gasteiger partial charge in [-0.15, -0.1) is 10.2 Å². The van der Waals surface area contributed by atoms with Gasteiger partial charge in [-0.2, -0.15) is 31.0 Å². The number of nitrogens with zero attached hydrogens (tertiary/aromatic N) is 7. The van der Waals surface area contributed by atoms with Crippen LogP contribution in [0.1, 0.15) is 22.0 Å². The van der Waals surface area contributed by atoms with E-state index in [1.807, 2.05) is 0 Å². The predicted molar refractivity (Wildman–Crippen MR) is 133 cm³/mol. The Balaban J connectivity index is 0.00000529. The van der Waals surface area contributed by atoms with Crippen LogP contribution in [0, 0.1) is 0 Å². The molecule has 14 nitrogen and oxygen atoms in total. The number of hydrogen-bond donors (Lipinski definition) is 1. The van der Waals surface area contributed by atoms with Crippen LogP contribution >= 0.6 is 19.4 Å². The van der Waals surface area contributed by atoms with Crippen LogP contribution in [-0.2, 0) is 28.4 Å². The molecule has 1 amide bonds. The summed E-state index contributed by atoms with van der Waals surface area (Å²) in [5, 5.41) is 7.89. The zero-order valence-electron chi connectivity index (χ0n) is 21.5. The minimum absolute atomic E-state index is 0. The normalized spacial score (nSPS) is 13.0. The van der Waals surface area contributed by atoms with Gasteiger partial charge in [0, 0.05) is 16.8 Å². The average Bonchev–Trinajstić information content (AvgIpc) is 3.44. The number of carbonyl (C=O) groups is 1. The molecule has 0 bridgehead atoms. The number of carbonyl (C=O) groups excluding carboxylic acids is 1. The third kappa shape index (κ3) is 8.25. The molecule has 23 heteroatoms. The number of rotatable bonds is 9. The fourth-order valence-corrected chi connectivity index (χ4v) is 4.31. The fourth-order valence-electron chi connectivity index (χ4n) is 3.69. The Hall–Kier alpha value is -2.84. The molecule has 4 rings (SSSR count). The summed E-state index contributed by atoms with van der Waals surface area (Å²) >= 11 is 5.84. The second-order valence-corrected chi connectivity index (χ2v) is 10.0. The summed E-state index contributed by atoms with van der Waals surface area (Å²) in [6.45, 7) is -2.40. The van der Waals surface area contributed by atoms with E-state index < -0.39 is 79.8 Å². The second-order valence-electron chi connectivity index (χ2n) is 8.46. The van der Waals surface area contributed by atoms with E-state index >= 15 is 0 Å². The largest absolute Gasteiger partial charge is 2.00 e. The molecule has 0 fully saturated rings. The Labute approximate surface area is 275 Å². The summed E-state index contributed by atoms with van der Waals surface area (Å²) in [6, 6.07) is 6.69. The number of aromatic nitrogens is 7. The molecule has 1 aromatic carbocycles. The van der Waals surface area contributed by atoms with Crippen molar-refractivity contribution < 1.29 is 50.0 Å². The van der Waals surface area contributed by atoms with E-state index in [1.165, 1.54) is 24.3 Å². The van der Waals surface area contributed by atoms with Crippen LogP contribution in [0.25, 0.3) is 17.2 Å². The number of hydrogen-bond acceptors (Lipinski definition) is 10. The smallest absolute Gasteiger partial charge is 0.790 e. The van der Waals surface area contributed by atoms with Gasteiger partial charge in [-0.3, -0.25) is 9.36 Å². The van der Waals surface area contributed by atoms with Crippen molar-refractivity contribution >= 4 is 63.1 Å². The van der Waals surface area contributed by atoms with Crippen LogP contribution in [0.4, 0.5) is 26.3 Å². The molecule has 230 valence electrons. The van der Waals surface area contributed by atoms with Crippen molar-refractivity contribution in [3.05, 3.63) is 75.3 Å². The molecule has 2 N–H and O–H groups in total. The molecule has 0 aliphatic carbocycles. The van der Waals surface area contributed by atoms with Crippen molar-refractivity contribution in [2.24, 2.45) is 5.73 Å². The van der Waals surface area contributed by atoms with E-state index in [4.69, 9.17) is 17.3 Å². The molecule has 3 aromatic heterocycles. The number of primary amides is 1. The molecule has 0 saturated heterocycles. The van der Waals surface area contributed by atoms with Crippen LogP contribution in [0.3, 0.4) is 0 Å². The summed E-state index contributed by atoms with van der Waals surface area (Å²) in [7, 11) is -6.20. The first-order valence-electron chi connectivity index (χ1n) is 11.3. The van der Waals surface area contributed by atoms with E-state index in [9.17, 15) is 50.3 Å². The van der Waals surface area contributed by atoms with Gasteiger partial charge in [-0.1, -0.05) is 11.6 Å². The van der Waals surface area contributed by atoms with Crippen molar-refractivity contribution in [3.8, 4) is 17.2 Å². The average molecular weight is 695 g/mol. The fraction of sp³-hybridized carbons (Fsp3) is 0.238. The zero-order chi connectivity index (χ0) is 31.9. The molecular weight excluding hydrogens is 681 g/mol. The van der Waals surface area contributed by atoms with Crippen LogP contribution in [0.15, 0.2) is 47.4 Å². The Morgan fingerprint density at radius 1 is 1.09 bits per heavy atom. The first-order chi connectivity index (χ1) is 19.8. The molecule has 0 saturated carbocycles. The molecule has 44 heavy (non-hydrogen) atoms. The number of nitrogens with two attached hydrogens (primary N) is 1. The van der Waals surface area contributed by atoms with E-state index in [0.29, 0.717) is 20.0 Å². The van der Waals surface area contributed by atoms with Crippen molar-refractivity contribution in [1.29, 1.82) is 0 Å². The maximum atomic E-state index is 13.6. The van der Waals surface area contributed by atoms with E-state index in [2.05, 4.69) is 24.7 Å². The van der Waals surface area contributed by atoms with E-state index in [0.717, 1.165) is 12.3 Å². The van der Waals surface area contributed by atoms with Gasteiger partial charge in [0.1, 0.15) is 12.1 Å². The Kier molecular flexibility index (Phi) is 10.7. The zero-order valence-corrected chi connectivity index (χ0v) is 25.3. The summed E-state index contributed by atoms with van der Waals surface area (Å²) in [5.74, 6) is -4.12. The number of halogens is 7. The van der Waals surface area contributed by atoms with Gasteiger partial charge >= 0.3 is 55.8 Å². The first kappa shape index (κ1) is 35.6. The first-order valence-corrected chi connectivity index (χ1v) is 13.2. The van der Waals surface area contributed by atoms with Gasteiger partial charge in [0.05, 0.1) is 14.4 Å². The number of pyridine rings is 1. The van der Waals surface area contributed by atoms with Crippen LogP contribution in [-0.4, -0.2) is 90.0 Å². The summed E-state index contributed by atoms with van der Waals surface area (Å²) in [6.07, 6.45) is -12.7. The topological polar surface area (TPSA) is 199 Å². The molecule has 0 radical (unpaired) electrons. The van der Waals surface area contributed by atoms with E-state index in [-0.39, 0.29) is 48.3 Å². The maximum absolute atomic E-state index is 13.6. The molecule has 4 aromatic rings. The van der Waals surface area contributed by atoms with Gasteiger partial charge in [0.25, 0.3) is 5.91 Å². The minimum atomic E-state index is -6.20. The molecular formula is C21H14CaClF6N8O6P. The van der Waals surface area contributed by atoms with Crippen molar-refractivity contribution in [2.75, 3.05) is 0 Å². The van der Waals surface area contributed by atoms with Gasteiger partial charge in [-0.25, -0.2) is 19.4 Å². The Bertz CT molecular complexity index is 1770. The van der Waals surface area contributed by atoms with Crippen LogP contribution < -0.4 is 21.2 Å². The van der Waals surface area contributed by atoms with Crippen molar-refractivity contribution in [3.63, 3.8) is 0 Å². The number of alkyl halides is 6. The van der Waals surface area contributed by atoms with E-state index in [1.54, 1.807) is 0 Å². The molecule has 1 atom stereocenters. The quantitative estimate of drug-likeness (QED) is 0.149. The minimum Gasteiger partial charge on any atom is -0.790 e. The number of amides is 1. The molecule has 3 heterocycles. The molecule has 0 aliphatic heterocycles. The van der Waals surface area contributed by atoms with Gasteiger partial charge < -0.3 is 24.6 Å². The number of phosphoric ester groups is 1. The summed E-state index contributed by atoms with van der Waals surface area (Å²) in [4.78, 5) is 54.5. The Morgan fingerprint density at radius 2 is 1.73 bits per heavy atom. The summed E-state index contributed by atoms with van der Waals surface area (Å²) in [5.41, 5.74) is 2.57. The van der Waals surface area contributed by atoms with Crippen molar-refractivity contribution in [2.45, 2.75) is 31.5 Å². The predicted octanol–water partition coefficient (Wildman–Crippen LogP) is 0.902. The second kappa shape index (κ2) is 13.3. The third-order valence-electron chi connectivity index (χ3n) is 5.45. The van der Waals surface area contributed by atoms with Gasteiger partial charge in [0.15, 0.2) is 23.6 Å².